The lowest BCUT2D eigenvalue weighted by atomic mass is 10.1. The summed E-state index contributed by atoms with van der Waals surface area (Å²) in [5.74, 6) is -0.731. The first-order valence-electron chi connectivity index (χ1n) is 10.2. The summed E-state index contributed by atoms with van der Waals surface area (Å²) in [4.78, 5) is 43.5. The largest absolute Gasteiger partial charge is 0.465 e. The Morgan fingerprint density at radius 3 is 1.93 bits per heavy atom. The van der Waals surface area contributed by atoms with E-state index in [2.05, 4.69) is 16.0 Å². The van der Waals surface area contributed by atoms with Crippen LogP contribution in [0.15, 0.2) is 0 Å². The van der Waals surface area contributed by atoms with Crippen LogP contribution >= 0.6 is 0 Å². The topological polar surface area (TPSA) is 157 Å². The number of amides is 3. The third-order valence-corrected chi connectivity index (χ3v) is 4.46. The monoisotopic (exact) mass is 416 g/mol. The van der Waals surface area contributed by atoms with Gasteiger partial charge < -0.3 is 25.6 Å². The fourth-order valence-corrected chi connectivity index (χ4v) is 2.85. The third kappa shape index (κ3) is 16.5. The maximum atomic E-state index is 11.6. The third-order valence-electron chi connectivity index (χ3n) is 4.46. The maximum absolute atomic E-state index is 11.6. The van der Waals surface area contributed by atoms with Crippen LogP contribution in [0.3, 0.4) is 0 Å². The molecule has 0 aromatic carbocycles. The number of carboxylic acid groups (broad SMARTS) is 2. The van der Waals surface area contributed by atoms with Gasteiger partial charge >= 0.3 is 12.2 Å². The first kappa shape index (κ1) is 26.8. The zero-order valence-electron chi connectivity index (χ0n) is 17.4. The van der Waals surface area contributed by atoms with Gasteiger partial charge in [-0.05, 0) is 33.2 Å². The molecule has 0 aliphatic heterocycles. The van der Waals surface area contributed by atoms with Crippen LogP contribution in [0, 0.1) is 0 Å². The van der Waals surface area contributed by atoms with E-state index >= 15 is 0 Å². The van der Waals surface area contributed by atoms with E-state index in [0.29, 0.717) is 6.42 Å². The van der Waals surface area contributed by atoms with Gasteiger partial charge in [0.25, 0.3) is 0 Å². The first-order chi connectivity index (χ1) is 13.8. The van der Waals surface area contributed by atoms with Crippen molar-refractivity contribution >= 4 is 24.4 Å². The maximum Gasteiger partial charge on any atom is 0.411 e. The molecule has 0 radical (unpaired) electrons. The smallest absolute Gasteiger partial charge is 0.411 e. The molecule has 0 aromatic rings. The molecule has 0 aliphatic rings. The Morgan fingerprint density at radius 1 is 0.862 bits per heavy atom. The van der Waals surface area contributed by atoms with E-state index in [9.17, 15) is 19.2 Å². The first-order valence-corrected chi connectivity index (χ1v) is 10.2. The molecule has 0 aliphatic carbocycles. The van der Waals surface area contributed by atoms with Crippen molar-refractivity contribution in [3.05, 3.63) is 0 Å². The minimum Gasteiger partial charge on any atom is -0.465 e. The average molecular weight is 417 g/mol. The molecule has 0 spiro atoms. The van der Waals surface area contributed by atoms with Crippen LogP contribution in [-0.2, 0) is 9.59 Å². The summed E-state index contributed by atoms with van der Waals surface area (Å²) in [6.45, 7) is 4.17. The second-order valence-corrected chi connectivity index (χ2v) is 7.18. The van der Waals surface area contributed by atoms with E-state index in [1.165, 1.54) is 6.92 Å². The molecule has 3 amide bonds. The van der Waals surface area contributed by atoms with Crippen LogP contribution in [0.2, 0.25) is 0 Å². The van der Waals surface area contributed by atoms with E-state index in [1.807, 2.05) is 6.92 Å². The van der Waals surface area contributed by atoms with Gasteiger partial charge in [-0.15, -0.1) is 0 Å². The molecule has 10 nitrogen and oxygen atoms in total. The molecule has 0 fully saturated rings. The fourth-order valence-electron chi connectivity index (χ4n) is 2.85. The molecule has 29 heavy (non-hydrogen) atoms. The highest BCUT2D eigenvalue weighted by Crippen LogP contribution is 2.10. The van der Waals surface area contributed by atoms with Crippen molar-refractivity contribution in [2.75, 3.05) is 6.54 Å². The lowest BCUT2D eigenvalue weighted by Crippen LogP contribution is -2.53. The normalized spacial score (nSPS) is 13.9. The molecule has 0 aromatic heterocycles. The Bertz CT molecular complexity index is 503. The van der Waals surface area contributed by atoms with E-state index in [0.717, 1.165) is 64.2 Å². The molecule has 2 unspecified atom stereocenters. The average Bonchev–Trinajstić information content (AvgIpc) is 2.64. The van der Waals surface area contributed by atoms with Gasteiger partial charge in [-0.1, -0.05) is 44.9 Å². The molecule has 6 N–H and O–H groups in total. The molecule has 0 saturated heterocycles. The fraction of sp³-hybridized carbons (Fsp3) is 0.789. The summed E-state index contributed by atoms with van der Waals surface area (Å²) in [6, 6.07) is -0.926. The number of aldehydes is 1. The Balaban J connectivity index is 3.86. The number of hydrogen-bond donors (Lipinski definition) is 6. The summed E-state index contributed by atoms with van der Waals surface area (Å²) < 4.78 is 0. The SMILES string of the molecule is CC(C=O)NCCCCCCCCCCC(NC(=O)O)N[C@@H](C)C(=O)NC(=O)O. The standard InChI is InChI=1S/C19H36N4O6/c1-14(13-24)20-12-10-8-6-4-3-5-7-9-11-16(22-18(26)27)21-15(2)17(25)23-19(28)29/h13-16,20-22H,3-12H2,1-2H3,(H,23,25)(H,26,27)(H,28,29)/t14?,15-,16?/m0/s1. The second-order valence-electron chi connectivity index (χ2n) is 7.18. The van der Waals surface area contributed by atoms with E-state index in [1.54, 1.807) is 5.32 Å². The lowest BCUT2D eigenvalue weighted by molar-refractivity contribution is -0.122. The number of nitrogens with one attached hydrogen (secondary N) is 4. The van der Waals surface area contributed by atoms with Crippen molar-refractivity contribution in [2.24, 2.45) is 0 Å². The van der Waals surface area contributed by atoms with Crippen LogP contribution in [-0.4, -0.2) is 59.4 Å². The van der Waals surface area contributed by atoms with Crippen LogP contribution in [0.1, 0.15) is 71.6 Å². The van der Waals surface area contributed by atoms with E-state index < -0.39 is 30.3 Å². The van der Waals surface area contributed by atoms with Crippen LogP contribution in [0.25, 0.3) is 0 Å². The van der Waals surface area contributed by atoms with E-state index in [4.69, 9.17) is 10.2 Å². The van der Waals surface area contributed by atoms with Gasteiger partial charge in [0.05, 0.1) is 18.2 Å². The van der Waals surface area contributed by atoms with Crippen molar-refractivity contribution < 1.29 is 29.4 Å². The second kappa shape index (κ2) is 16.7. The van der Waals surface area contributed by atoms with Crippen molar-refractivity contribution in [1.29, 1.82) is 0 Å². The van der Waals surface area contributed by atoms with Gasteiger partial charge in [-0.25, -0.2) is 9.59 Å². The predicted molar refractivity (Wildman–Crippen MR) is 109 cm³/mol. The Labute approximate surface area is 172 Å². The summed E-state index contributed by atoms with van der Waals surface area (Å²) in [7, 11) is 0. The van der Waals surface area contributed by atoms with Crippen molar-refractivity contribution in [3.63, 3.8) is 0 Å². The molecule has 0 rings (SSSR count). The highest BCUT2D eigenvalue weighted by molar-refractivity contribution is 5.93. The lowest BCUT2D eigenvalue weighted by Gasteiger charge is -2.22. The minimum absolute atomic E-state index is 0.0847. The van der Waals surface area contributed by atoms with Crippen molar-refractivity contribution in [2.45, 2.75) is 89.9 Å². The van der Waals surface area contributed by atoms with Gasteiger partial charge in [0, 0.05) is 0 Å². The Hall–Kier alpha value is -2.20. The molecule has 168 valence electrons. The highest BCUT2D eigenvalue weighted by Gasteiger charge is 2.20. The zero-order chi connectivity index (χ0) is 22.1. The minimum atomic E-state index is -1.45. The molecular weight excluding hydrogens is 380 g/mol. The van der Waals surface area contributed by atoms with Gasteiger partial charge in [0.1, 0.15) is 6.29 Å². The molecule has 0 heterocycles. The zero-order valence-corrected chi connectivity index (χ0v) is 17.4. The quantitative estimate of drug-likeness (QED) is 0.119. The van der Waals surface area contributed by atoms with Gasteiger partial charge in [-0.3, -0.25) is 15.4 Å². The van der Waals surface area contributed by atoms with Crippen LogP contribution in [0.4, 0.5) is 9.59 Å². The number of carbonyl (C=O) groups is 4. The number of carbonyl (C=O) groups excluding carboxylic acids is 2. The Kier molecular flexibility index (Phi) is 15.5. The van der Waals surface area contributed by atoms with Gasteiger partial charge in [0.2, 0.25) is 5.91 Å². The van der Waals surface area contributed by atoms with Crippen molar-refractivity contribution in [1.82, 2.24) is 21.3 Å². The van der Waals surface area contributed by atoms with Gasteiger partial charge in [-0.2, -0.15) is 0 Å². The van der Waals surface area contributed by atoms with Crippen LogP contribution < -0.4 is 21.3 Å². The van der Waals surface area contributed by atoms with E-state index in [-0.39, 0.29) is 6.04 Å². The number of hydrogen-bond acceptors (Lipinski definition) is 6. The van der Waals surface area contributed by atoms with Crippen LogP contribution in [0.5, 0.6) is 0 Å². The summed E-state index contributed by atoms with van der Waals surface area (Å²) in [5.41, 5.74) is 0. The van der Waals surface area contributed by atoms with Crippen molar-refractivity contribution in [3.8, 4) is 0 Å². The molecule has 3 atom stereocenters. The summed E-state index contributed by atoms with van der Waals surface area (Å²) in [6.07, 6.45) is 6.52. The number of rotatable bonds is 17. The van der Waals surface area contributed by atoms with Gasteiger partial charge in [0.15, 0.2) is 0 Å². The molecule has 0 bridgehead atoms. The Morgan fingerprint density at radius 2 is 1.41 bits per heavy atom. The number of unbranched alkanes of at least 4 members (excludes halogenated alkanes) is 7. The number of imide groups is 1. The predicted octanol–water partition coefficient (Wildman–Crippen LogP) is 2.04. The molecule has 10 heteroatoms. The molecule has 0 saturated carbocycles. The summed E-state index contributed by atoms with van der Waals surface area (Å²) in [5, 5.41) is 27.5. The molecular formula is C19H36N4O6. The highest BCUT2D eigenvalue weighted by atomic mass is 16.4. The summed E-state index contributed by atoms with van der Waals surface area (Å²) >= 11 is 0.